The Hall–Kier alpha value is -0.420. The zero-order valence-electron chi connectivity index (χ0n) is 14.7. The fourth-order valence-corrected chi connectivity index (χ4v) is 4.79. The molecule has 2 rings (SSSR count). The Bertz CT molecular complexity index is 671. The molecule has 1 aliphatic rings. The zero-order chi connectivity index (χ0) is 17.1. The van der Waals surface area contributed by atoms with Crippen molar-refractivity contribution in [1.82, 2.24) is 15.2 Å². The monoisotopic (exact) mass is 486 g/mol. The Morgan fingerprint density at radius 2 is 2.21 bits per heavy atom. The van der Waals surface area contributed by atoms with Crippen LogP contribution in [0.3, 0.4) is 0 Å². The van der Waals surface area contributed by atoms with Crippen molar-refractivity contribution in [2.45, 2.75) is 38.4 Å². The second kappa shape index (κ2) is 8.79. The molecule has 1 aliphatic heterocycles. The van der Waals surface area contributed by atoms with Gasteiger partial charge < -0.3 is 10.2 Å². The number of halogens is 1. The van der Waals surface area contributed by atoms with E-state index < -0.39 is 14.6 Å². The highest BCUT2D eigenvalue weighted by atomic mass is 127. The predicted molar refractivity (Wildman–Crippen MR) is 111 cm³/mol. The SMILES string of the molecule is CCc1cnc(CCNC(=NC)N2CCS(=O)(=O)C(C)(C)C2)s1.I. The molecule has 0 bridgehead atoms. The first-order valence-electron chi connectivity index (χ1n) is 7.90. The van der Waals surface area contributed by atoms with Crippen LogP contribution in [0.4, 0.5) is 0 Å². The van der Waals surface area contributed by atoms with E-state index in [1.807, 2.05) is 11.1 Å². The van der Waals surface area contributed by atoms with Gasteiger partial charge in [0.25, 0.3) is 0 Å². The number of hydrogen-bond acceptors (Lipinski definition) is 5. The van der Waals surface area contributed by atoms with Crippen LogP contribution in [0.2, 0.25) is 0 Å². The zero-order valence-corrected chi connectivity index (χ0v) is 18.7. The van der Waals surface area contributed by atoms with Crippen molar-refractivity contribution in [3.63, 3.8) is 0 Å². The third-order valence-corrected chi connectivity index (χ3v) is 7.86. The molecular weight excluding hydrogens is 459 g/mol. The number of rotatable bonds is 4. The van der Waals surface area contributed by atoms with Crippen molar-refractivity contribution in [3.05, 3.63) is 16.1 Å². The summed E-state index contributed by atoms with van der Waals surface area (Å²) < 4.78 is 23.4. The number of nitrogens with zero attached hydrogens (tertiary/aromatic N) is 3. The first-order valence-corrected chi connectivity index (χ1v) is 10.4. The van der Waals surface area contributed by atoms with E-state index >= 15 is 0 Å². The van der Waals surface area contributed by atoms with Crippen molar-refractivity contribution in [1.29, 1.82) is 0 Å². The molecule has 6 nitrogen and oxygen atoms in total. The highest BCUT2D eigenvalue weighted by Crippen LogP contribution is 2.23. The van der Waals surface area contributed by atoms with Crippen LogP contribution in [-0.2, 0) is 22.7 Å². The van der Waals surface area contributed by atoms with Gasteiger partial charge in [-0.25, -0.2) is 13.4 Å². The van der Waals surface area contributed by atoms with Gasteiger partial charge in [-0.3, -0.25) is 4.99 Å². The van der Waals surface area contributed by atoms with E-state index in [1.165, 1.54) is 4.88 Å². The summed E-state index contributed by atoms with van der Waals surface area (Å²) in [7, 11) is -1.30. The highest BCUT2D eigenvalue weighted by molar-refractivity contribution is 14.0. The summed E-state index contributed by atoms with van der Waals surface area (Å²) in [4.78, 5) is 12.0. The van der Waals surface area contributed by atoms with Crippen LogP contribution in [0.25, 0.3) is 0 Å². The third-order valence-electron chi connectivity index (χ3n) is 4.13. The minimum atomic E-state index is -3.03. The smallest absolute Gasteiger partial charge is 0.193 e. The maximum Gasteiger partial charge on any atom is 0.193 e. The second-order valence-corrected chi connectivity index (χ2v) is 10.2. The molecule has 1 fully saturated rings. The van der Waals surface area contributed by atoms with Gasteiger partial charge >= 0.3 is 0 Å². The minimum Gasteiger partial charge on any atom is -0.356 e. The summed E-state index contributed by atoms with van der Waals surface area (Å²) in [6.45, 7) is 7.39. The lowest BCUT2D eigenvalue weighted by Gasteiger charge is -2.39. The van der Waals surface area contributed by atoms with Crippen molar-refractivity contribution < 1.29 is 8.42 Å². The Morgan fingerprint density at radius 1 is 1.50 bits per heavy atom. The lowest BCUT2D eigenvalue weighted by Crippen LogP contribution is -2.57. The van der Waals surface area contributed by atoms with Gasteiger partial charge in [-0.2, -0.15) is 0 Å². The van der Waals surface area contributed by atoms with Crippen LogP contribution in [0, 0.1) is 0 Å². The Kier molecular flexibility index (Phi) is 7.92. The number of nitrogens with one attached hydrogen (secondary N) is 1. The predicted octanol–water partition coefficient (Wildman–Crippen LogP) is 1.95. The normalized spacial score (nSPS) is 19.7. The highest BCUT2D eigenvalue weighted by Gasteiger charge is 2.40. The molecule has 2 heterocycles. The molecule has 0 saturated carbocycles. The Morgan fingerprint density at radius 3 is 2.75 bits per heavy atom. The average molecular weight is 486 g/mol. The molecule has 0 spiro atoms. The van der Waals surface area contributed by atoms with E-state index in [4.69, 9.17) is 0 Å². The molecule has 0 radical (unpaired) electrons. The van der Waals surface area contributed by atoms with Crippen LogP contribution >= 0.6 is 35.3 Å². The minimum absolute atomic E-state index is 0. The Balaban J connectivity index is 0.00000288. The fourth-order valence-electron chi connectivity index (χ4n) is 2.57. The molecule has 1 aromatic heterocycles. The topological polar surface area (TPSA) is 74.7 Å². The number of aliphatic imine (C=N–C) groups is 1. The molecule has 0 atom stereocenters. The quantitative estimate of drug-likeness (QED) is 0.400. The van der Waals surface area contributed by atoms with Gasteiger partial charge in [0.05, 0.1) is 15.5 Å². The van der Waals surface area contributed by atoms with E-state index in [-0.39, 0.29) is 29.7 Å². The van der Waals surface area contributed by atoms with E-state index in [2.05, 4.69) is 22.2 Å². The summed E-state index contributed by atoms with van der Waals surface area (Å²) in [5.41, 5.74) is 0. The molecule has 0 aromatic carbocycles. The number of aryl methyl sites for hydroxylation is 1. The average Bonchev–Trinajstić information content (AvgIpc) is 2.95. The molecule has 0 aliphatic carbocycles. The lowest BCUT2D eigenvalue weighted by atomic mass is 10.2. The van der Waals surface area contributed by atoms with Crippen molar-refractivity contribution in [2.75, 3.05) is 32.4 Å². The molecule has 24 heavy (non-hydrogen) atoms. The summed E-state index contributed by atoms with van der Waals surface area (Å²) in [6, 6.07) is 0. The van der Waals surface area contributed by atoms with Gasteiger partial charge in [-0.1, -0.05) is 6.92 Å². The van der Waals surface area contributed by atoms with Gasteiger partial charge in [0, 0.05) is 44.2 Å². The first-order chi connectivity index (χ1) is 10.8. The fraction of sp³-hybridized carbons (Fsp3) is 0.733. The number of thiazole rings is 1. The molecule has 0 unspecified atom stereocenters. The van der Waals surface area contributed by atoms with Gasteiger partial charge in [-0.15, -0.1) is 35.3 Å². The van der Waals surface area contributed by atoms with Crippen LogP contribution in [-0.4, -0.2) is 61.4 Å². The molecular formula is C15H27IN4O2S2. The molecule has 1 N–H and O–H groups in total. The number of aromatic nitrogens is 1. The second-order valence-electron chi connectivity index (χ2n) is 6.30. The van der Waals surface area contributed by atoms with Crippen LogP contribution in [0.5, 0.6) is 0 Å². The maximum atomic E-state index is 12.1. The van der Waals surface area contributed by atoms with E-state index in [0.29, 0.717) is 13.1 Å². The van der Waals surface area contributed by atoms with E-state index in [9.17, 15) is 8.42 Å². The largest absolute Gasteiger partial charge is 0.356 e. The standard InChI is InChI=1S/C15H26N4O2S2.HI/c1-5-12-10-18-13(22-12)6-7-17-14(16-4)19-8-9-23(20,21)15(2,3)11-19;/h10H,5-9,11H2,1-4H3,(H,16,17);1H. The van der Waals surface area contributed by atoms with Crippen molar-refractivity contribution in [2.24, 2.45) is 4.99 Å². The first kappa shape index (κ1) is 21.6. The number of sulfone groups is 1. The summed E-state index contributed by atoms with van der Waals surface area (Å²) in [6.07, 6.45) is 3.80. The van der Waals surface area contributed by atoms with Crippen LogP contribution < -0.4 is 5.32 Å². The summed E-state index contributed by atoms with van der Waals surface area (Å²) in [5, 5.41) is 4.44. The van der Waals surface area contributed by atoms with Crippen LogP contribution in [0.1, 0.15) is 30.7 Å². The van der Waals surface area contributed by atoms with Gasteiger partial charge in [0.15, 0.2) is 15.8 Å². The lowest BCUT2D eigenvalue weighted by molar-refractivity contribution is 0.353. The Labute approximate surface area is 166 Å². The third kappa shape index (κ3) is 5.04. The van der Waals surface area contributed by atoms with Crippen molar-refractivity contribution >= 4 is 51.1 Å². The maximum absolute atomic E-state index is 12.1. The molecule has 1 saturated heterocycles. The molecule has 1 aromatic rings. The van der Waals surface area contributed by atoms with Crippen molar-refractivity contribution in [3.8, 4) is 0 Å². The van der Waals surface area contributed by atoms with Crippen LogP contribution in [0.15, 0.2) is 11.2 Å². The van der Waals surface area contributed by atoms with Gasteiger partial charge in [0.2, 0.25) is 0 Å². The van der Waals surface area contributed by atoms with E-state index in [0.717, 1.165) is 30.4 Å². The molecule has 138 valence electrons. The number of guanidine groups is 1. The number of hydrogen-bond donors (Lipinski definition) is 1. The van der Waals surface area contributed by atoms with E-state index in [1.54, 1.807) is 32.2 Å². The summed E-state index contributed by atoms with van der Waals surface area (Å²) >= 11 is 1.74. The molecule has 0 amide bonds. The summed E-state index contributed by atoms with van der Waals surface area (Å²) in [5.74, 6) is 0.938. The van der Waals surface area contributed by atoms with Gasteiger partial charge in [-0.05, 0) is 20.3 Å². The molecule has 9 heteroatoms. The van der Waals surface area contributed by atoms with Gasteiger partial charge in [0.1, 0.15) is 0 Å².